The summed E-state index contributed by atoms with van der Waals surface area (Å²) in [4.78, 5) is 0. The highest BCUT2D eigenvalue weighted by atomic mass is 13.9. The van der Waals surface area contributed by atoms with Crippen molar-refractivity contribution in [3.05, 3.63) is 36.5 Å². The molecule has 0 aromatic carbocycles. The molecule has 0 spiro atoms. The Balaban J connectivity index is -0.000000237. The highest BCUT2D eigenvalue weighted by molar-refractivity contribution is 5.23. The van der Waals surface area contributed by atoms with Gasteiger partial charge in [0.25, 0.3) is 0 Å². The molecule has 0 N–H and O–H groups in total. The smallest absolute Gasteiger partial charge is 0.0313 e. The Kier molecular flexibility index (Phi) is 25.4. The first kappa shape index (κ1) is 20.6. The van der Waals surface area contributed by atoms with Gasteiger partial charge in [-0.3, -0.25) is 0 Å². The van der Waals surface area contributed by atoms with E-state index < -0.39 is 0 Å². The van der Waals surface area contributed by atoms with Crippen LogP contribution < -0.4 is 0 Å². The Morgan fingerprint density at radius 3 is 1.12 bits per heavy atom. The highest BCUT2D eigenvalue weighted by Gasteiger charge is 1.82. The topological polar surface area (TPSA) is 0 Å². The zero-order valence-electron chi connectivity index (χ0n) is 12.4. The molecule has 0 aliphatic heterocycles. The van der Waals surface area contributed by atoms with E-state index >= 15 is 0 Å². The normalized spacial score (nSPS) is 8.62. The molecule has 96 valence electrons. The molecule has 0 saturated carbocycles. The molecule has 0 nitrogen and oxygen atoms in total. The van der Waals surface area contributed by atoms with Crippen LogP contribution in [0.25, 0.3) is 0 Å². The number of allylic oxidation sites excluding steroid dienone is 4. The van der Waals surface area contributed by atoms with Crippen molar-refractivity contribution in [2.75, 3.05) is 0 Å². The predicted octanol–water partition coefficient (Wildman–Crippen LogP) is 6.31. The summed E-state index contributed by atoms with van der Waals surface area (Å²) in [6.07, 6.45) is 8.75. The molecule has 0 unspecified atom stereocenters. The van der Waals surface area contributed by atoms with Gasteiger partial charge in [-0.25, -0.2) is 0 Å². The molecular weight excluding hydrogens is 192 g/mol. The maximum Gasteiger partial charge on any atom is -0.0313 e. The van der Waals surface area contributed by atoms with Crippen molar-refractivity contribution in [1.82, 2.24) is 0 Å². The van der Waals surface area contributed by atoms with Crippen LogP contribution in [0.5, 0.6) is 0 Å². The summed E-state index contributed by atoms with van der Waals surface area (Å²) in [5.74, 6) is 0. The second-order valence-corrected chi connectivity index (χ2v) is 3.36. The lowest BCUT2D eigenvalue weighted by Gasteiger charge is -1.93. The van der Waals surface area contributed by atoms with Gasteiger partial charge in [-0.1, -0.05) is 90.8 Å². The van der Waals surface area contributed by atoms with Crippen LogP contribution in [-0.2, 0) is 0 Å². The fraction of sp³-hybridized carbons (Fsp3) is 0.625. The van der Waals surface area contributed by atoms with E-state index in [2.05, 4.69) is 40.9 Å². The molecule has 0 aromatic rings. The van der Waals surface area contributed by atoms with Gasteiger partial charge in [0.2, 0.25) is 0 Å². The Labute approximate surface area is 104 Å². The lowest BCUT2D eigenvalue weighted by molar-refractivity contribution is 0.886. The van der Waals surface area contributed by atoms with E-state index in [9.17, 15) is 0 Å². The fourth-order valence-corrected chi connectivity index (χ4v) is 0.471. The van der Waals surface area contributed by atoms with Gasteiger partial charge >= 0.3 is 0 Å². The van der Waals surface area contributed by atoms with E-state index in [0.29, 0.717) is 0 Å². The van der Waals surface area contributed by atoms with Crippen LogP contribution in [0.15, 0.2) is 36.5 Å². The summed E-state index contributed by atoms with van der Waals surface area (Å²) >= 11 is 0. The molecule has 0 rings (SSSR count). The average molecular weight is 224 g/mol. The summed E-state index contributed by atoms with van der Waals surface area (Å²) < 4.78 is 0. The second kappa shape index (κ2) is 19.7. The van der Waals surface area contributed by atoms with Crippen molar-refractivity contribution in [2.45, 2.75) is 67.2 Å². The van der Waals surface area contributed by atoms with Crippen molar-refractivity contribution >= 4 is 0 Å². The Morgan fingerprint density at radius 2 is 1.00 bits per heavy atom. The van der Waals surface area contributed by atoms with Crippen LogP contribution in [0.3, 0.4) is 0 Å². The molecule has 0 saturated heterocycles. The lowest BCUT2D eigenvalue weighted by Crippen LogP contribution is -1.72. The molecule has 0 fully saturated rings. The minimum absolute atomic E-state index is 1.02. The van der Waals surface area contributed by atoms with Gasteiger partial charge < -0.3 is 0 Å². The molecule has 0 aliphatic rings. The van der Waals surface area contributed by atoms with Crippen LogP contribution in [0.2, 0.25) is 0 Å². The molecule has 0 atom stereocenters. The van der Waals surface area contributed by atoms with Crippen LogP contribution >= 0.6 is 0 Å². The monoisotopic (exact) mass is 224 g/mol. The van der Waals surface area contributed by atoms with Gasteiger partial charge in [0, 0.05) is 0 Å². The molecule has 0 heteroatoms. The third-order valence-electron chi connectivity index (χ3n) is 1.96. The Morgan fingerprint density at radius 1 is 0.750 bits per heavy atom. The number of rotatable bonds is 5. The molecule has 0 aromatic heterocycles. The zero-order valence-corrected chi connectivity index (χ0v) is 12.4. The maximum atomic E-state index is 3.85. The SMILES string of the molecule is C=C(/C=C\C(=C)CC)CC.CC.CCCC. The fourth-order valence-electron chi connectivity index (χ4n) is 0.471. The van der Waals surface area contributed by atoms with Crippen LogP contribution in [-0.4, -0.2) is 0 Å². The summed E-state index contributed by atoms with van der Waals surface area (Å²) in [6.45, 7) is 20.3. The predicted molar refractivity (Wildman–Crippen MR) is 79.9 cm³/mol. The maximum absolute atomic E-state index is 3.85. The molecular formula is C16H32. The highest BCUT2D eigenvalue weighted by Crippen LogP contribution is 2.03. The van der Waals surface area contributed by atoms with E-state index in [4.69, 9.17) is 0 Å². The van der Waals surface area contributed by atoms with E-state index in [0.717, 1.165) is 24.0 Å². The van der Waals surface area contributed by atoms with Gasteiger partial charge in [-0.15, -0.1) is 0 Å². The van der Waals surface area contributed by atoms with Crippen molar-refractivity contribution < 1.29 is 0 Å². The lowest BCUT2D eigenvalue weighted by atomic mass is 10.1. The first-order valence-electron chi connectivity index (χ1n) is 6.65. The quantitative estimate of drug-likeness (QED) is 0.480. The van der Waals surface area contributed by atoms with E-state index in [1.165, 1.54) is 12.8 Å². The molecule has 16 heavy (non-hydrogen) atoms. The third-order valence-corrected chi connectivity index (χ3v) is 1.96. The summed E-state index contributed by atoms with van der Waals surface area (Å²) in [5.41, 5.74) is 2.32. The molecule has 0 amide bonds. The van der Waals surface area contributed by atoms with Gasteiger partial charge in [-0.05, 0) is 12.8 Å². The number of hydrogen-bond donors (Lipinski definition) is 0. The minimum Gasteiger partial charge on any atom is -0.0958 e. The van der Waals surface area contributed by atoms with Gasteiger partial charge in [0.1, 0.15) is 0 Å². The minimum atomic E-state index is 1.02. The first-order chi connectivity index (χ1) is 7.62. The number of unbranched alkanes of at least 4 members (excludes halogenated alkanes) is 1. The van der Waals surface area contributed by atoms with Crippen LogP contribution in [0.4, 0.5) is 0 Å². The van der Waals surface area contributed by atoms with Crippen molar-refractivity contribution in [3.63, 3.8) is 0 Å². The standard InChI is InChI=1S/C10H16.C4H10.C2H6/c1-5-9(3)7-8-10(4)6-2;1-3-4-2;1-2/h7-8H,3-6H2,1-2H3;3-4H2,1-2H3;1-2H3/b8-7-;;. The van der Waals surface area contributed by atoms with Gasteiger partial charge in [-0.2, -0.15) is 0 Å². The largest absolute Gasteiger partial charge is 0.0958 e. The number of hydrogen-bond acceptors (Lipinski definition) is 0. The van der Waals surface area contributed by atoms with Crippen LogP contribution in [0, 0.1) is 0 Å². The summed E-state index contributed by atoms with van der Waals surface area (Å²) in [5, 5.41) is 0. The van der Waals surface area contributed by atoms with Crippen molar-refractivity contribution in [3.8, 4) is 0 Å². The Hall–Kier alpha value is -0.780. The molecule has 0 heterocycles. The van der Waals surface area contributed by atoms with E-state index in [1.54, 1.807) is 0 Å². The molecule has 0 aliphatic carbocycles. The van der Waals surface area contributed by atoms with Gasteiger partial charge in [0.05, 0.1) is 0 Å². The molecule has 0 radical (unpaired) electrons. The third kappa shape index (κ3) is 23.2. The Bertz CT molecular complexity index is 152. The van der Waals surface area contributed by atoms with Crippen LogP contribution in [0.1, 0.15) is 67.2 Å². The molecule has 0 bridgehead atoms. The van der Waals surface area contributed by atoms with Gasteiger partial charge in [0.15, 0.2) is 0 Å². The first-order valence-corrected chi connectivity index (χ1v) is 6.65. The van der Waals surface area contributed by atoms with Crippen molar-refractivity contribution in [2.24, 2.45) is 0 Å². The summed E-state index contributed by atoms with van der Waals surface area (Å²) in [6, 6.07) is 0. The van der Waals surface area contributed by atoms with E-state index in [1.807, 2.05) is 26.0 Å². The van der Waals surface area contributed by atoms with Crippen molar-refractivity contribution in [1.29, 1.82) is 0 Å². The second-order valence-electron chi connectivity index (χ2n) is 3.36. The average Bonchev–Trinajstić information content (AvgIpc) is 2.37. The summed E-state index contributed by atoms with van der Waals surface area (Å²) in [7, 11) is 0. The van der Waals surface area contributed by atoms with E-state index in [-0.39, 0.29) is 0 Å². The zero-order chi connectivity index (χ0) is 13.4.